The first-order valence-electron chi connectivity index (χ1n) is 8.05. The van der Waals surface area contributed by atoms with E-state index in [-0.39, 0.29) is 23.4 Å². The molecule has 9 heteroatoms. The van der Waals surface area contributed by atoms with Gasteiger partial charge in [0.15, 0.2) is 0 Å². The summed E-state index contributed by atoms with van der Waals surface area (Å²) in [4.78, 5) is 24.2. The molecule has 2 aromatic carbocycles. The summed E-state index contributed by atoms with van der Waals surface area (Å²) in [5.41, 5.74) is 1.03. The van der Waals surface area contributed by atoms with Crippen LogP contribution in [0, 0.1) is 0 Å². The van der Waals surface area contributed by atoms with Crippen molar-refractivity contribution < 1.29 is 22.7 Å². The Morgan fingerprint density at radius 3 is 2.33 bits per heavy atom. The Bertz CT molecular complexity index is 926. The average Bonchev–Trinajstić information content (AvgIpc) is 2.65. The number of rotatable bonds is 7. The minimum Gasteiger partial charge on any atom is -0.496 e. The number of para-hydroxylation sites is 1. The van der Waals surface area contributed by atoms with Gasteiger partial charge in [-0.3, -0.25) is 9.59 Å². The van der Waals surface area contributed by atoms with Crippen molar-refractivity contribution in [2.24, 2.45) is 5.14 Å². The monoisotopic (exact) mass is 391 g/mol. The van der Waals surface area contributed by atoms with Crippen LogP contribution in [0.3, 0.4) is 0 Å². The number of benzene rings is 2. The first-order chi connectivity index (χ1) is 12.7. The molecule has 2 rings (SSSR count). The Kier molecular flexibility index (Phi) is 6.54. The Morgan fingerprint density at radius 2 is 1.74 bits per heavy atom. The van der Waals surface area contributed by atoms with Gasteiger partial charge in [-0.1, -0.05) is 24.3 Å². The molecule has 0 radical (unpaired) electrons. The maximum absolute atomic E-state index is 12.2. The van der Waals surface area contributed by atoms with Crippen molar-refractivity contribution in [2.75, 3.05) is 13.7 Å². The van der Waals surface area contributed by atoms with E-state index in [4.69, 9.17) is 9.88 Å². The summed E-state index contributed by atoms with van der Waals surface area (Å²) in [7, 11) is -2.30. The lowest BCUT2D eigenvalue weighted by Gasteiger charge is -2.15. The molecule has 0 heterocycles. The number of methoxy groups -OCH3 is 1. The van der Waals surface area contributed by atoms with Crippen molar-refractivity contribution in [1.82, 2.24) is 10.6 Å². The van der Waals surface area contributed by atoms with E-state index in [1.54, 1.807) is 43.3 Å². The van der Waals surface area contributed by atoms with Crippen LogP contribution >= 0.6 is 0 Å². The standard InChI is InChI=1S/C18H21N3O5S/c1-12(13-7-9-14(10-8-13)27(19,24)25)21-17(22)11-20-18(23)15-5-3-4-6-16(15)26-2/h3-10,12H,11H2,1-2H3,(H,20,23)(H,21,22)(H2,19,24,25). The van der Waals surface area contributed by atoms with Gasteiger partial charge in [0.25, 0.3) is 5.91 Å². The molecule has 2 aromatic rings. The molecule has 0 saturated carbocycles. The molecule has 0 aliphatic rings. The van der Waals surface area contributed by atoms with Gasteiger partial charge in [-0.25, -0.2) is 13.6 Å². The SMILES string of the molecule is COc1ccccc1C(=O)NCC(=O)NC(C)c1ccc(S(N)(=O)=O)cc1. The fourth-order valence-corrected chi connectivity index (χ4v) is 2.93. The Morgan fingerprint density at radius 1 is 1.11 bits per heavy atom. The molecule has 0 aromatic heterocycles. The van der Waals surface area contributed by atoms with Crippen LogP contribution in [-0.4, -0.2) is 33.9 Å². The predicted octanol–water partition coefficient (Wildman–Crippen LogP) is 0.950. The zero-order chi connectivity index (χ0) is 20.0. The van der Waals surface area contributed by atoms with E-state index in [0.717, 1.165) is 0 Å². The summed E-state index contributed by atoms with van der Waals surface area (Å²) in [6.07, 6.45) is 0. The van der Waals surface area contributed by atoms with Crippen molar-refractivity contribution >= 4 is 21.8 Å². The lowest BCUT2D eigenvalue weighted by Crippen LogP contribution is -2.38. The summed E-state index contributed by atoms with van der Waals surface area (Å²) in [5, 5.41) is 10.3. The van der Waals surface area contributed by atoms with Crippen molar-refractivity contribution in [3.63, 3.8) is 0 Å². The van der Waals surface area contributed by atoms with Gasteiger partial charge in [0.05, 0.1) is 30.2 Å². The van der Waals surface area contributed by atoms with Crippen LogP contribution in [0.1, 0.15) is 28.9 Å². The molecule has 0 fully saturated rings. The van der Waals surface area contributed by atoms with Gasteiger partial charge in [0, 0.05) is 0 Å². The smallest absolute Gasteiger partial charge is 0.255 e. The summed E-state index contributed by atoms with van der Waals surface area (Å²) in [6.45, 7) is 1.53. The Balaban J connectivity index is 1.92. The van der Waals surface area contributed by atoms with Crippen LogP contribution in [0.25, 0.3) is 0 Å². The van der Waals surface area contributed by atoms with Crippen molar-refractivity contribution in [3.05, 3.63) is 59.7 Å². The number of nitrogens with one attached hydrogen (secondary N) is 2. The molecule has 144 valence electrons. The number of ether oxygens (including phenoxy) is 1. The third-order valence-electron chi connectivity index (χ3n) is 3.85. The molecule has 8 nitrogen and oxygen atoms in total. The van der Waals surface area contributed by atoms with Gasteiger partial charge in [-0.05, 0) is 36.8 Å². The number of hydrogen-bond donors (Lipinski definition) is 3. The first kappa shape index (κ1) is 20.4. The van der Waals surface area contributed by atoms with Gasteiger partial charge in [-0.2, -0.15) is 0 Å². The number of carbonyl (C=O) groups is 2. The quantitative estimate of drug-likeness (QED) is 0.647. The van der Waals surface area contributed by atoms with E-state index >= 15 is 0 Å². The second-order valence-corrected chi connectivity index (χ2v) is 7.35. The molecule has 1 unspecified atom stereocenters. The molecule has 1 atom stereocenters. The number of amides is 2. The number of sulfonamides is 1. The van der Waals surface area contributed by atoms with E-state index in [2.05, 4.69) is 10.6 Å². The average molecular weight is 391 g/mol. The number of carbonyl (C=O) groups excluding carboxylic acids is 2. The highest BCUT2D eigenvalue weighted by Gasteiger charge is 2.15. The zero-order valence-corrected chi connectivity index (χ0v) is 15.7. The van der Waals surface area contributed by atoms with Gasteiger partial charge >= 0.3 is 0 Å². The van der Waals surface area contributed by atoms with Crippen LogP contribution in [0.4, 0.5) is 0 Å². The third kappa shape index (κ3) is 5.53. The summed E-state index contributed by atoms with van der Waals surface area (Å²) in [5.74, 6) is -0.396. The highest BCUT2D eigenvalue weighted by Crippen LogP contribution is 2.17. The topological polar surface area (TPSA) is 128 Å². The van der Waals surface area contributed by atoms with E-state index in [1.807, 2.05) is 0 Å². The number of nitrogens with two attached hydrogens (primary N) is 1. The van der Waals surface area contributed by atoms with Crippen LogP contribution in [0.2, 0.25) is 0 Å². The van der Waals surface area contributed by atoms with Gasteiger partial charge in [0.1, 0.15) is 5.75 Å². The molecular weight excluding hydrogens is 370 g/mol. The fraction of sp³-hybridized carbons (Fsp3) is 0.222. The van der Waals surface area contributed by atoms with E-state index < -0.39 is 15.9 Å². The maximum atomic E-state index is 12.2. The molecule has 0 bridgehead atoms. The molecule has 0 spiro atoms. The van der Waals surface area contributed by atoms with E-state index in [1.165, 1.54) is 19.2 Å². The van der Waals surface area contributed by atoms with Crippen LogP contribution < -0.4 is 20.5 Å². The maximum Gasteiger partial charge on any atom is 0.255 e. The van der Waals surface area contributed by atoms with Gasteiger partial charge < -0.3 is 15.4 Å². The van der Waals surface area contributed by atoms with Crippen molar-refractivity contribution in [2.45, 2.75) is 17.9 Å². The third-order valence-corrected chi connectivity index (χ3v) is 4.78. The lowest BCUT2D eigenvalue weighted by molar-refractivity contribution is -0.120. The second kappa shape index (κ2) is 8.65. The molecule has 27 heavy (non-hydrogen) atoms. The molecule has 0 aliphatic carbocycles. The highest BCUT2D eigenvalue weighted by atomic mass is 32.2. The normalized spacial score (nSPS) is 12.1. The minimum absolute atomic E-state index is 0.00570. The summed E-state index contributed by atoms with van der Waals surface area (Å²) < 4.78 is 27.6. The zero-order valence-electron chi connectivity index (χ0n) is 14.9. The van der Waals surface area contributed by atoms with Gasteiger partial charge in [0.2, 0.25) is 15.9 Å². The minimum atomic E-state index is -3.76. The molecule has 0 saturated heterocycles. The highest BCUT2D eigenvalue weighted by molar-refractivity contribution is 7.89. The molecule has 0 aliphatic heterocycles. The fourth-order valence-electron chi connectivity index (χ4n) is 2.41. The van der Waals surface area contributed by atoms with Crippen molar-refractivity contribution in [3.8, 4) is 5.75 Å². The number of hydrogen-bond acceptors (Lipinski definition) is 5. The second-order valence-electron chi connectivity index (χ2n) is 5.79. The van der Waals surface area contributed by atoms with Crippen molar-refractivity contribution in [1.29, 1.82) is 0 Å². The predicted molar refractivity (Wildman–Crippen MR) is 99.7 cm³/mol. The van der Waals surface area contributed by atoms with Crippen LogP contribution in [-0.2, 0) is 14.8 Å². The Hall–Kier alpha value is -2.91. The molecule has 4 N–H and O–H groups in total. The Labute approximate surface area is 157 Å². The molecule has 2 amide bonds. The first-order valence-corrected chi connectivity index (χ1v) is 9.60. The van der Waals surface area contributed by atoms with Gasteiger partial charge in [-0.15, -0.1) is 0 Å². The number of primary sulfonamides is 1. The lowest BCUT2D eigenvalue weighted by atomic mass is 10.1. The van der Waals surface area contributed by atoms with Crippen LogP contribution in [0.5, 0.6) is 5.75 Å². The molecular formula is C18H21N3O5S. The summed E-state index contributed by atoms with van der Waals surface area (Å²) in [6, 6.07) is 12.2. The van der Waals surface area contributed by atoms with E-state index in [9.17, 15) is 18.0 Å². The van der Waals surface area contributed by atoms with Crippen LogP contribution in [0.15, 0.2) is 53.4 Å². The largest absolute Gasteiger partial charge is 0.496 e. The summed E-state index contributed by atoms with van der Waals surface area (Å²) >= 11 is 0. The van der Waals surface area contributed by atoms with E-state index in [0.29, 0.717) is 16.9 Å².